The normalized spacial score (nSPS) is 25.8. The molecule has 1 aliphatic rings. The topological polar surface area (TPSA) is 203 Å². The lowest BCUT2D eigenvalue weighted by atomic mass is 10.1. The molecule has 0 aromatic carbocycles. The van der Waals surface area contributed by atoms with Crippen LogP contribution in [0.25, 0.3) is 11.2 Å². The molecule has 13 heteroatoms. The molecule has 0 spiro atoms. The third kappa shape index (κ3) is 4.63. The van der Waals surface area contributed by atoms with E-state index in [1.807, 2.05) is 0 Å². The molecule has 3 heterocycles. The summed E-state index contributed by atoms with van der Waals surface area (Å²) in [4.78, 5) is 21.8. The molecule has 1 fully saturated rings. The van der Waals surface area contributed by atoms with Crippen molar-refractivity contribution in [3.05, 3.63) is 12.7 Å². The predicted octanol–water partition coefficient (Wildman–Crippen LogP) is -2.26. The van der Waals surface area contributed by atoms with E-state index in [9.17, 15) is 15.0 Å². The second-order valence-electron chi connectivity index (χ2n) is 5.77. The Bertz CT molecular complexity index is 776. The number of carbonyl (C=O) groups is 1. The molecule has 0 amide bonds. The van der Waals surface area contributed by atoms with Crippen molar-refractivity contribution in [3.8, 4) is 0 Å². The van der Waals surface area contributed by atoms with E-state index in [1.54, 1.807) is 0 Å². The summed E-state index contributed by atoms with van der Waals surface area (Å²) >= 11 is 3.81. The van der Waals surface area contributed by atoms with Gasteiger partial charge in [-0.25, -0.2) is 15.0 Å². The SMILES string of the molecule is NC(CCS)C(=O)O.Nc1ncnc2c1ncn2[C@@H]1O[C@H](CO)[C@@H](O)[C@H]1O. The van der Waals surface area contributed by atoms with Crippen molar-refractivity contribution in [2.24, 2.45) is 5.73 Å². The molecule has 12 nitrogen and oxygen atoms in total. The number of ether oxygens (including phenoxy) is 1. The largest absolute Gasteiger partial charge is 0.480 e. The van der Waals surface area contributed by atoms with Gasteiger partial charge in [0.1, 0.15) is 36.2 Å². The zero-order valence-electron chi connectivity index (χ0n) is 14.2. The number of nitrogens with two attached hydrogens (primary N) is 2. The third-order valence-electron chi connectivity index (χ3n) is 3.94. The molecule has 0 bridgehead atoms. The molecule has 0 aliphatic carbocycles. The quantitative estimate of drug-likeness (QED) is 0.266. The Hall–Kier alpha value is -2.03. The first-order chi connectivity index (χ1) is 12.8. The van der Waals surface area contributed by atoms with Crippen LogP contribution in [0.3, 0.4) is 0 Å². The van der Waals surface area contributed by atoms with Crippen LogP contribution in [-0.2, 0) is 9.53 Å². The van der Waals surface area contributed by atoms with Gasteiger partial charge < -0.3 is 36.6 Å². The van der Waals surface area contributed by atoms with E-state index >= 15 is 0 Å². The summed E-state index contributed by atoms with van der Waals surface area (Å²) in [5.41, 5.74) is 11.5. The number of aliphatic carboxylic acids is 1. The van der Waals surface area contributed by atoms with Crippen LogP contribution < -0.4 is 11.5 Å². The fraction of sp³-hybridized carbons (Fsp3) is 0.571. The number of anilines is 1. The minimum Gasteiger partial charge on any atom is -0.480 e. The minimum absolute atomic E-state index is 0.218. The number of thiol groups is 1. The second-order valence-corrected chi connectivity index (χ2v) is 6.22. The molecule has 2 aromatic rings. The Morgan fingerprint density at radius 3 is 2.56 bits per heavy atom. The summed E-state index contributed by atoms with van der Waals surface area (Å²) in [6.07, 6.45) is -0.994. The second kappa shape index (κ2) is 9.25. The summed E-state index contributed by atoms with van der Waals surface area (Å²) in [5, 5.41) is 36.9. The highest BCUT2D eigenvalue weighted by Crippen LogP contribution is 2.31. The van der Waals surface area contributed by atoms with Crippen LogP contribution in [0, 0.1) is 0 Å². The highest BCUT2D eigenvalue weighted by molar-refractivity contribution is 7.80. The molecular formula is C14H22N6O6S. The predicted molar refractivity (Wildman–Crippen MR) is 96.8 cm³/mol. The van der Waals surface area contributed by atoms with Gasteiger partial charge in [0.05, 0.1) is 12.9 Å². The van der Waals surface area contributed by atoms with Crippen LogP contribution in [0.2, 0.25) is 0 Å². The van der Waals surface area contributed by atoms with Gasteiger partial charge in [-0.1, -0.05) is 0 Å². The highest BCUT2D eigenvalue weighted by atomic mass is 32.1. The first kappa shape index (κ1) is 21.3. The van der Waals surface area contributed by atoms with Crippen molar-refractivity contribution in [1.82, 2.24) is 19.5 Å². The molecule has 3 rings (SSSR count). The molecule has 2 aromatic heterocycles. The summed E-state index contributed by atoms with van der Waals surface area (Å²) in [6.45, 7) is -0.390. The van der Waals surface area contributed by atoms with Crippen LogP contribution in [0.15, 0.2) is 12.7 Å². The molecule has 27 heavy (non-hydrogen) atoms. The van der Waals surface area contributed by atoms with Gasteiger partial charge in [-0.05, 0) is 12.2 Å². The number of rotatable bonds is 5. The standard InChI is InChI=1S/C10H13N5O4.C4H9NO2S/c11-8-5-9(13-2-12-8)15(3-14-5)10-7(18)6(17)4(1-16)19-10;5-3(1-2-8)4(6)7/h2-4,6-7,10,16-18H,1H2,(H2,11,12,13);3,8H,1-2,5H2,(H,6,7)/t4-,6-,7-,10-;/m1./s1. The van der Waals surface area contributed by atoms with Gasteiger partial charge in [0.25, 0.3) is 0 Å². The first-order valence-electron chi connectivity index (χ1n) is 7.96. The average Bonchev–Trinajstić information content (AvgIpc) is 3.18. The van der Waals surface area contributed by atoms with Crippen molar-refractivity contribution in [2.75, 3.05) is 18.1 Å². The van der Waals surface area contributed by atoms with E-state index in [-0.39, 0.29) is 5.82 Å². The number of nitrogens with zero attached hydrogens (tertiary/aromatic N) is 4. The first-order valence-corrected chi connectivity index (χ1v) is 8.59. The van der Waals surface area contributed by atoms with E-state index in [4.69, 9.17) is 26.4 Å². The molecule has 150 valence electrons. The van der Waals surface area contributed by atoms with Gasteiger partial charge in [0.15, 0.2) is 17.7 Å². The number of aromatic nitrogens is 4. The number of fused-ring (bicyclic) bond motifs is 1. The minimum atomic E-state index is -1.19. The van der Waals surface area contributed by atoms with Crippen LogP contribution >= 0.6 is 12.6 Å². The smallest absolute Gasteiger partial charge is 0.320 e. The van der Waals surface area contributed by atoms with Crippen LogP contribution in [-0.4, -0.2) is 82.6 Å². The lowest BCUT2D eigenvalue weighted by Gasteiger charge is -2.16. The van der Waals surface area contributed by atoms with Gasteiger partial charge in [-0.2, -0.15) is 12.6 Å². The number of hydrogen-bond acceptors (Lipinski definition) is 11. The summed E-state index contributed by atoms with van der Waals surface area (Å²) in [5.74, 6) is -0.220. The molecule has 1 aliphatic heterocycles. The Kier molecular flexibility index (Phi) is 7.29. The maximum atomic E-state index is 9.95. The van der Waals surface area contributed by atoms with Gasteiger partial charge in [0.2, 0.25) is 0 Å². The van der Waals surface area contributed by atoms with E-state index < -0.39 is 43.2 Å². The molecule has 1 saturated heterocycles. The van der Waals surface area contributed by atoms with Crippen molar-refractivity contribution in [2.45, 2.75) is 37.0 Å². The van der Waals surface area contributed by atoms with Crippen molar-refractivity contribution < 1.29 is 30.0 Å². The lowest BCUT2D eigenvalue weighted by molar-refractivity contribution is -0.138. The van der Waals surface area contributed by atoms with Crippen LogP contribution in [0.5, 0.6) is 0 Å². The monoisotopic (exact) mass is 402 g/mol. The summed E-state index contributed by atoms with van der Waals surface area (Å²) in [6, 6.07) is -0.743. The fourth-order valence-corrected chi connectivity index (χ4v) is 2.71. The number of aliphatic hydroxyl groups is 3. The number of imidazole rings is 1. The van der Waals surface area contributed by atoms with Crippen molar-refractivity contribution >= 4 is 35.6 Å². The molecule has 0 radical (unpaired) electrons. The Labute approximate surface area is 159 Å². The molecule has 5 atom stereocenters. The molecule has 8 N–H and O–H groups in total. The highest BCUT2D eigenvalue weighted by Gasteiger charge is 2.43. The summed E-state index contributed by atoms with van der Waals surface area (Å²) in [7, 11) is 0. The lowest BCUT2D eigenvalue weighted by Crippen LogP contribution is -2.33. The van der Waals surface area contributed by atoms with Crippen molar-refractivity contribution in [3.63, 3.8) is 0 Å². The van der Waals surface area contributed by atoms with E-state index in [0.717, 1.165) is 0 Å². The maximum absolute atomic E-state index is 9.95. The number of aliphatic hydroxyl groups excluding tert-OH is 3. The fourth-order valence-electron chi connectivity index (χ4n) is 2.43. The zero-order chi connectivity index (χ0) is 20.1. The zero-order valence-corrected chi connectivity index (χ0v) is 15.1. The Morgan fingerprint density at radius 2 is 2.04 bits per heavy atom. The summed E-state index contributed by atoms with van der Waals surface area (Å²) < 4.78 is 6.85. The number of carboxylic acids is 1. The molecule has 1 unspecified atom stereocenters. The van der Waals surface area contributed by atoms with Crippen molar-refractivity contribution in [1.29, 1.82) is 0 Å². The molecule has 0 saturated carbocycles. The number of carboxylic acid groups (broad SMARTS) is 1. The average molecular weight is 402 g/mol. The maximum Gasteiger partial charge on any atom is 0.320 e. The van der Waals surface area contributed by atoms with E-state index in [1.165, 1.54) is 17.2 Å². The van der Waals surface area contributed by atoms with Gasteiger partial charge in [-0.15, -0.1) is 0 Å². The van der Waals surface area contributed by atoms with Crippen LogP contribution in [0.1, 0.15) is 12.6 Å². The Morgan fingerprint density at radius 1 is 1.33 bits per heavy atom. The molecular weight excluding hydrogens is 380 g/mol. The van der Waals surface area contributed by atoms with E-state index in [0.29, 0.717) is 23.3 Å². The van der Waals surface area contributed by atoms with Gasteiger partial charge in [0, 0.05) is 0 Å². The number of hydrogen-bond donors (Lipinski definition) is 7. The third-order valence-corrected chi connectivity index (χ3v) is 4.19. The van der Waals surface area contributed by atoms with Crippen LogP contribution in [0.4, 0.5) is 5.82 Å². The van der Waals surface area contributed by atoms with Gasteiger partial charge >= 0.3 is 5.97 Å². The number of nitrogen functional groups attached to an aromatic ring is 1. The van der Waals surface area contributed by atoms with Gasteiger partial charge in [-0.3, -0.25) is 9.36 Å². The Balaban J connectivity index is 0.000000279. The van der Waals surface area contributed by atoms with E-state index in [2.05, 4.69) is 27.6 Å².